The van der Waals surface area contributed by atoms with Gasteiger partial charge in [-0.15, -0.1) is 0 Å². The van der Waals surface area contributed by atoms with Crippen molar-refractivity contribution < 1.29 is 37.7 Å². The summed E-state index contributed by atoms with van der Waals surface area (Å²) in [6, 6.07) is 19.3. The number of hydrogen-bond donors (Lipinski definition) is 0. The average molecular weight is 618 g/mol. The van der Waals surface area contributed by atoms with Gasteiger partial charge in [0, 0.05) is 11.4 Å². The van der Waals surface area contributed by atoms with Crippen molar-refractivity contribution in [1.82, 2.24) is 0 Å². The normalized spacial score (nSPS) is 11.0. The van der Waals surface area contributed by atoms with Crippen molar-refractivity contribution in [3.05, 3.63) is 89.7 Å². The lowest BCUT2D eigenvalue weighted by atomic mass is 9.94. The van der Waals surface area contributed by atoms with Crippen LogP contribution in [0.3, 0.4) is 0 Å². The molecule has 0 saturated heterocycles. The summed E-state index contributed by atoms with van der Waals surface area (Å²) in [4.78, 5) is 24.2. The number of alkyl halides is 1. The number of esters is 2. The molecule has 40 heavy (non-hydrogen) atoms. The molecule has 3 rings (SSSR count). The summed E-state index contributed by atoms with van der Waals surface area (Å²) in [6.45, 7) is 5.13. The van der Waals surface area contributed by atoms with Crippen molar-refractivity contribution in [2.24, 2.45) is 5.41 Å². The van der Waals surface area contributed by atoms with Crippen molar-refractivity contribution in [3.63, 3.8) is 0 Å². The van der Waals surface area contributed by atoms with E-state index in [1.54, 1.807) is 60.7 Å². The molecule has 0 spiro atoms. The quantitative estimate of drug-likeness (QED) is 0.128. The van der Waals surface area contributed by atoms with Gasteiger partial charge in [0.05, 0.1) is 29.8 Å². The van der Waals surface area contributed by atoms with Gasteiger partial charge in [-0.1, -0.05) is 35.8 Å². The highest BCUT2D eigenvalue weighted by Gasteiger charge is 2.33. The highest BCUT2D eigenvalue weighted by Crippen LogP contribution is 2.27. The predicted molar refractivity (Wildman–Crippen MR) is 153 cm³/mol. The third kappa shape index (κ3) is 9.55. The Morgan fingerprint density at radius 2 is 1.15 bits per heavy atom. The third-order valence-corrected chi connectivity index (χ3v) is 6.96. The van der Waals surface area contributed by atoms with Gasteiger partial charge in [-0.3, -0.25) is 0 Å². The van der Waals surface area contributed by atoms with Crippen molar-refractivity contribution >= 4 is 27.9 Å². The zero-order chi connectivity index (χ0) is 28.8. The number of hydrogen-bond acceptors (Lipinski definition) is 7. The maximum Gasteiger partial charge on any atom is 0.338 e. The molecule has 0 fully saturated rings. The summed E-state index contributed by atoms with van der Waals surface area (Å²) in [7, 11) is 0. The Labute approximate surface area is 242 Å². The highest BCUT2D eigenvalue weighted by atomic mass is 79.9. The van der Waals surface area contributed by atoms with E-state index in [1.165, 1.54) is 12.1 Å². The number of halogens is 2. The smallest absolute Gasteiger partial charge is 0.338 e. The second-order valence-corrected chi connectivity index (χ2v) is 9.84. The van der Waals surface area contributed by atoms with Gasteiger partial charge in [-0.05, 0) is 73.5 Å². The Bertz CT molecular complexity index is 1150. The van der Waals surface area contributed by atoms with E-state index in [2.05, 4.69) is 15.9 Å². The molecule has 0 unspecified atom stereocenters. The number of rotatable bonds is 16. The van der Waals surface area contributed by atoms with Crippen LogP contribution >= 0.6 is 15.9 Å². The number of benzene rings is 3. The first-order valence-corrected chi connectivity index (χ1v) is 14.2. The topological polar surface area (TPSA) is 80.3 Å². The van der Waals surface area contributed by atoms with Crippen molar-refractivity contribution in [3.8, 4) is 17.2 Å². The Kier molecular flexibility index (Phi) is 12.3. The minimum atomic E-state index is -0.691. The molecule has 0 radical (unpaired) electrons. The van der Waals surface area contributed by atoms with Crippen LogP contribution in [0.25, 0.3) is 0 Å². The lowest BCUT2D eigenvalue weighted by molar-refractivity contribution is 0.0496. The molecule has 0 N–H and O–H groups in total. The maximum absolute atomic E-state index is 13.7. The molecule has 0 aliphatic carbocycles. The number of ether oxygens (including phenoxy) is 5. The van der Waals surface area contributed by atoms with E-state index in [0.29, 0.717) is 46.9 Å². The standard InChI is InChI=1S/C31H34BrFO7/c1-3-16-36-29(34)23-8-12-26(13-9-23)38-20-31(19-32,22-40-28-7-5-6-25(33)18-28)21-39-27-14-10-24(11-15-27)30(35)37-17-4-2/h5-15,18H,3-4,16-17,19-22H2,1-2H3. The van der Waals surface area contributed by atoms with E-state index in [-0.39, 0.29) is 31.8 Å². The summed E-state index contributed by atoms with van der Waals surface area (Å²) in [5.41, 5.74) is 0.184. The van der Waals surface area contributed by atoms with Gasteiger partial charge in [-0.2, -0.15) is 0 Å². The van der Waals surface area contributed by atoms with Gasteiger partial charge < -0.3 is 23.7 Å². The lowest BCUT2D eigenvalue weighted by Gasteiger charge is -2.31. The second-order valence-electron chi connectivity index (χ2n) is 9.28. The first kappa shape index (κ1) is 30.9. The van der Waals surface area contributed by atoms with E-state index in [4.69, 9.17) is 23.7 Å². The van der Waals surface area contributed by atoms with Gasteiger partial charge in [0.15, 0.2) is 0 Å². The number of carbonyl (C=O) groups excluding carboxylic acids is 2. The molecule has 7 nitrogen and oxygen atoms in total. The molecule has 3 aromatic rings. The van der Waals surface area contributed by atoms with Crippen LogP contribution in [0.4, 0.5) is 4.39 Å². The molecule has 0 saturated carbocycles. The molecule has 0 aliphatic rings. The van der Waals surface area contributed by atoms with E-state index in [0.717, 1.165) is 12.8 Å². The fourth-order valence-electron chi connectivity index (χ4n) is 3.44. The van der Waals surface area contributed by atoms with Gasteiger partial charge in [0.25, 0.3) is 0 Å². The van der Waals surface area contributed by atoms with Crippen molar-refractivity contribution in [1.29, 1.82) is 0 Å². The third-order valence-electron chi connectivity index (χ3n) is 5.77. The van der Waals surface area contributed by atoms with Crippen LogP contribution in [-0.4, -0.2) is 50.3 Å². The summed E-state index contributed by atoms with van der Waals surface area (Å²) in [5.74, 6) is 0.324. The van der Waals surface area contributed by atoms with Gasteiger partial charge >= 0.3 is 11.9 Å². The van der Waals surface area contributed by atoms with Crippen LogP contribution in [0.15, 0.2) is 72.8 Å². The summed E-state index contributed by atoms with van der Waals surface area (Å²) >= 11 is 3.58. The molecular formula is C31H34BrFO7. The molecule has 0 amide bonds. The lowest BCUT2D eigenvalue weighted by Crippen LogP contribution is -2.42. The van der Waals surface area contributed by atoms with Crippen LogP contribution < -0.4 is 14.2 Å². The van der Waals surface area contributed by atoms with E-state index < -0.39 is 11.2 Å². The Morgan fingerprint density at radius 1 is 0.700 bits per heavy atom. The van der Waals surface area contributed by atoms with Gasteiger partial charge in [-0.25, -0.2) is 14.0 Å². The highest BCUT2D eigenvalue weighted by molar-refractivity contribution is 9.09. The van der Waals surface area contributed by atoms with Crippen LogP contribution in [0, 0.1) is 11.2 Å². The molecule has 3 aromatic carbocycles. The summed E-state index contributed by atoms with van der Waals surface area (Å²) < 4.78 is 42.2. The molecule has 0 aromatic heterocycles. The SMILES string of the molecule is CCCOC(=O)c1ccc(OCC(CBr)(COc2ccc(C(=O)OCCC)cc2)COc2cccc(F)c2)cc1. The Morgan fingerprint density at radius 3 is 1.55 bits per heavy atom. The fraction of sp³-hybridized carbons (Fsp3) is 0.355. The molecular weight excluding hydrogens is 583 g/mol. The molecule has 0 aliphatic heterocycles. The largest absolute Gasteiger partial charge is 0.493 e. The van der Waals surface area contributed by atoms with Crippen molar-refractivity contribution in [2.45, 2.75) is 26.7 Å². The zero-order valence-electron chi connectivity index (χ0n) is 22.7. The minimum Gasteiger partial charge on any atom is -0.493 e. The Balaban J connectivity index is 1.70. The van der Waals surface area contributed by atoms with Crippen LogP contribution in [-0.2, 0) is 9.47 Å². The summed E-state index contributed by atoms with van der Waals surface area (Å²) in [5, 5.41) is 0.443. The zero-order valence-corrected chi connectivity index (χ0v) is 24.3. The fourth-order valence-corrected chi connectivity index (χ4v) is 3.92. The van der Waals surface area contributed by atoms with Gasteiger partial charge in [0.2, 0.25) is 0 Å². The average Bonchev–Trinajstić information content (AvgIpc) is 2.99. The second kappa shape index (κ2) is 15.9. The monoisotopic (exact) mass is 616 g/mol. The first-order chi connectivity index (χ1) is 19.4. The molecule has 214 valence electrons. The first-order valence-electron chi connectivity index (χ1n) is 13.1. The van der Waals surface area contributed by atoms with Crippen LogP contribution in [0.2, 0.25) is 0 Å². The van der Waals surface area contributed by atoms with E-state index in [9.17, 15) is 14.0 Å². The molecule has 9 heteroatoms. The van der Waals surface area contributed by atoms with E-state index in [1.807, 2.05) is 13.8 Å². The molecule has 0 bridgehead atoms. The van der Waals surface area contributed by atoms with E-state index >= 15 is 0 Å². The number of carbonyl (C=O) groups is 2. The molecule has 0 atom stereocenters. The van der Waals surface area contributed by atoms with Crippen molar-refractivity contribution in [2.75, 3.05) is 38.4 Å². The maximum atomic E-state index is 13.7. The van der Waals surface area contributed by atoms with Crippen LogP contribution in [0.5, 0.6) is 17.2 Å². The summed E-state index contributed by atoms with van der Waals surface area (Å²) in [6.07, 6.45) is 1.49. The van der Waals surface area contributed by atoms with Gasteiger partial charge in [0.1, 0.15) is 42.9 Å². The Hall–Kier alpha value is -3.59. The minimum absolute atomic E-state index is 0.157. The van der Waals surface area contributed by atoms with Crippen LogP contribution in [0.1, 0.15) is 47.4 Å². The predicted octanol–water partition coefficient (Wildman–Crippen LogP) is 6.88. The molecule has 0 heterocycles.